The van der Waals surface area contributed by atoms with E-state index in [4.69, 9.17) is 0 Å². The number of benzene rings is 2. The summed E-state index contributed by atoms with van der Waals surface area (Å²) in [6, 6.07) is 12.5. The molecule has 0 radical (unpaired) electrons. The van der Waals surface area contributed by atoms with Crippen LogP contribution in [0.2, 0.25) is 0 Å². The van der Waals surface area contributed by atoms with E-state index >= 15 is 0 Å². The summed E-state index contributed by atoms with van der Waals surface area (Å²) < 4.78 is 27.0. The molecule has 9 heteroatoms. The highest BCUT2D eigenvalue weighted by Gasteiger charge is 2.14. The van der Waals surface area contributed by atoms with Crippen LogP contribution in [-0.2, 0) is 17.9 Å². The first kappa shape index (κ1) is 21.2. The van der Waals surface area contributed by atoms with E-state index in [1.807, 2.05) is 6.92 Å². The fourth-order valence-corrected chi connectivity index (χ4v) is 4.22. The van der Waals surface area contributed by atoms with Gasteiger partial charge in [-0.15, -0.1) is 10.2 Å². The van der Waals surface area contributed by atoms with Crippen LogP contribution in [0, 0.1) is 11.6 Å². The monoisotopic (exact) mass is 434 g/mol. The molecule has 5 nitrogen and oxygen atoms in total. The normalized spacial score (nSPS) is 10.7. The molecule has 29 heavy (non-hydrogen) atoms. The van der Waals surface area contributed by atoms with E-state index in [1.54, 1.807) is 29.2 Å². The van der Waals surface area contributed by atoms with Crippen LogP contribution < -0.4 is 5.32 Å². The van der Waals surface area contributed by atoms with Crippen LogP contribution in [0.15, 0.2) is 52.9 Å². The smallest absolute Gasteiger partial charge is 0.233 e. The van der Waals surface area contributed by atoms with Crippen molar-refractivity contribution in [2.24, 2.45) is 0 Å². The molecule has 0 aliphatic carbocycles. The van der Waals surface area contributed by atoms with E-state index < -0.39 is 0 Å². The second-order valence-corrected chi connectivity index (χ2v) is 8.38. The van der Waals surface area contributed by atoms with Gasteiger partial charge in [-0.2, -0.15) is 0 Å². The standard InChI is InChI=1S/C20H20F2N4OS2/c1-2-26(12-15-4-3-5-17(22)10-15)18(27)13-28-20-25-24-19(29-20)23-11-14-6-8-16(21)9-7-14/h3-10H,2,11-13H2,1H3,(H,23,24). The third kappa shape index (κ3) is 6.50. The first-order valence-corrected chi connectivity index (χ1v) is 10.8. The minimum atomic E-state index is -0.310. The molecule has 152 valence electrons. The Kier molecular flexibility index (Phi) is 7.54. The van der Waals surface area contributed by atoms with Crippen molar-refractivity contribution < 1.29 is 13.6 Å². The molecule has 0 spiro atoms. The molecule has 0 saturated carbocycles. The number of halogens is 2. The summed E-state index contributed by atoms with van der Waals surface area (Å²) in [6.45, 7) is 3.31. The Labute approximate surface area is 176 Å². The Bertz CT molecular complexity index is 950. The number of hydrogen-bond acceptors (Lipinski definition) is 6. The van der Waals surface area contributed by atoms with Crippen molar-refractivity contribution >= 4 is 34.1 Å². The van der Waals surface area contributed by atoms with Crippen molar-refractivity contribution in [1.82, 2.24) is 15.1 Å². The van der Waals surface area contributed by atoms with E-state index in [9.17, 15) is 13.6 Å². The van der Waals surface area contributed by atoms with Crippen LogP contribution in [0.3, 0.4) is 0 Å². The molecule has 1 heterocycles. The number of rotatable bonds is 9. The largest absolute Gasteiger partial charge is 0.356 e. The first-order valence-electron chi connectivity index (χ1n) is 9.00. The molecule has 0 saturated heterocycles. The Balaban J connectivity index is 1.48. The Hall–Kier alpha value is -2.52. The first-order chi connectivity index (χ1) is 14.0. The molecule has 0 aliphatic heterocycles. The van der Waals surface area contributed by atoms with Gasteiger partial charge < -0.3 is 10.2 Å². The van der Waals surface area contributed by atoms with Gasteiger partial charge in [0.15, 0.2) is 4.34 Å². The predicted molar refractivity (Wildman–Crippen MR) is 112 cm³/mol. The van der Waals surface area contributed by atoms with Gasteiger partial charge in [0.2, 0.25) is 11.0 Å². The summed E-state index contributed by atoms with van der Waals surface area (Å²) in [5.41, 5.74) is 1.69. The molecule has 1 amide bonds. The number of anilines is 1. The molecule has 0 atom stereocenters. The predicted octanol–water partition coefficient (Wildman–Crippen LogP) is 4.57. The zero-order valence-electron chi connectivity index (χ0n) is 15.8. The number of thioether (sulfide) groups is 1. The number of nitrogens with one attached hydrogen (secondary N) is 1. The van der Waals surface area contributed by atoms with Gasteiger partial charge >= 0.3 is 0 Å². The molecule has 0 aliphatic rings. The van der Waals surface area contributed by atoms with Crippen molar-refractivity contribution in [3.8, 4) is 0 Å². The highest BCUT2D eigenvalue weighted by molar-refractivity contribution is 8.01. The summed E-state index contributed by atoms with van der Waals surface area (Å²) in [6.07, 6.45) is 0. The summed E-state index contributed by atoms with van der Waals surface area (Å²) in [7, 11) is 0. The van der Waals surface area contributed by atoms with Crippen molar-refractivity contribution in [1.29, 1.82) is 0 Å². The van der Waals surface area contributed by atoms with E-state index in [2.05, 4.69) is 15.5 Å². The average Bonchev–Trinajstić information content (AvgIpc) is 3.18. The molecule has 2 aromatic carbocycles. The number of amides is 1. The van der Waals surface area contributed by atoms with Gasteiger partial charge in [-0.1, -0.05) is 47.4 Å². The van der Waals surface area contributed by atoms with E-state index in [-0.39, 0.29) is 23.3 Å². The van der Waals surface area contributed by atoms with Crippen molar-refractivity contribution in [3.05, 3.63) is 71.3 Å². The van der Waals surface area contributed by atoms with Crippen LogP contribution in [0.1, 0.15) is 18.1 Å². The van der Waals surface area contributed by atoms with Crippen molar-refractivity contribution in [2.75, 3.05) is 17.6 Å². The topological polar surface area (TPSA) is 58.1 Å². The van der Waals surface area contributed by atoms with Gasteiger partial charge in [0.05, 0.1) is 5.75 Å². The molecule has 1 aromatic heterocycles. The second-order valence-electron chi connectivity index (χ2n) is 6.18. The highest BCUT2D eigenvalue weighted by atomic mass is 32.2. The maximum absolute atomic E-state index is 13.3. The molecular formula is C20H20F2N4OS2. The molecule has 0 unspecified atom stereocenters. The number of hydrogen-bond donors (Lipinski definition) is 1. The number of carbonyl (C=O) groups excluding carboxylic acids is 1. The van der Waals surface area contributed by atoms with Gasteiger partial charge in [0.1, 0.15) is 11.6 Å². The Morgan fingerprint density at radius 3 is 2.62 bits per heavy atom. The van der Waals surface area contributed by atoms with Crippen LogP contribution in [0.4, 0.5) is 13.9 Å². The van der Waals surface area contributed by atoms with Gasteiger partial charge in [-0.05, 0) is 42.3 Å². The third-order valence-electron chi connectivity index (χ3n) is 4.08. The van der Waals surface area contributed by atoms with Crippen molar-refractivity contribution in [3.63, 3.8) is 0 Å². The number of carbonyl (C=O) groups is 1. The van der Waals surface area contributed by atoms with E-state index in [1.165, 1.54) is 47.4 Å². The SMILES string of the molecule is CCN(Cc1cccc(F)c1)C(=O)CSc1nnc(NCc2ccc(F)cc2)s1. The maximum Gasteiger partial charge on any atom is 0.233 e. The summed E-state index contributed by atoms with van der Waals surface area (Å²) in [4.78, 5) is 14.2. The van der Waals surface area contributed by atoms with Crippen LogP contribution >= 0.6 is 23.1 Å². The van der Waals surface area contributed by atoms with Gasteiger partial charge in [-0.3, -0.25) is 4.79 Å². The molecule has 3 aromatic rings. The zero-order valence-corrected chi connectivity index (χ0v) is 17.4. The maximum atomic E-state index is 13.3. The summed E-state index contributed by atoms with van der Waals surface area (Å²) in [5, 5.41) is 11.9. The summed E-state index contributed by atoms with van der Waals surface area (Å²) in [5.74, 6) is -0.394. The molecule has 0 fully saturated rings. The quantitative estimate of drug-likeness (QED) is 0.500. The average molecular weight is 435 g/mol. The molecule has 0 bridgehead atoms. The lowest BCUT2D eigenvalue weighted by Crippen LogP contribution is -2.31. The fourth-order valence-electron chi connectivity index (χ4n) is 2.57. The lowest BCUT2D eigenvalue weighted by Gasteiger charge is -2.20. The van der Waals surface area contributed by atoms with Gasteiger partial charge in [0, 0.05) is 19.6 Å². The Morgan fingerprint density at radius 1 is 1.10 bits per heavy atom. The fraction of sp³-hybridized carbons (Fsp3) is 0.250. The van der Waals surface area contributed by atoms with Crippen LogP contribution in [0.5, 0.6) is 0 Å². The minimum absolute atomic E-state index is 0.0437. The van der Waals surface area contributed by atoms with Gasteiger partial charge in [-0.25, -0.2) is 8.78 Å². The van der Waals surface area contributed by atoms with Crippen molar-refractivity contribution in [2.45, 2.75) is 24.4 Å². The Morgan fingerprint density at radius 2 is 1.90 bits per heavy atom. The minimum Gasteiger partial charge on any atom is -0.356 e. The second kappa shape index (κ2) is 10.3. The molecule has 3 rings (SSSR count). The van der Waals surface area contributed by atoms with Crippen LogP contribution in [-0.4, -0.2) is 33.3 Å². The lowest BCUT2D eigenvalue weighted by molar-refractivity contribution is -0.128. The van der Waals surface area contributed by atoms with E-state index in [0.717, 1.165) is 11.1 Å². The van der Waals surface area contributed by atoms with Gasteiger partial charge in [0.25, 0.3) is 0 Å². The highest BCUT2D eigenvalue weighted by Crippen LogP contribution is 2.26. The lowest BCUT2D eigenvalue weighted by atomic mass is 10.2. The molecular weight excluding hydrogens is 414 g/mol. The third-order valence-corrected chi connectivity index (χ3v) is 6.08. The summed E-state index contributed by atoms with van der Waals surface area (Å²) >= 11 is 2.68. The zero-order chi connectivity index (χ0) is 20.6. The molecule has 1 N–H and O–H groups in total. The van der Waals surface area contributed by atoms with Crippen LogP contribution in [0.25, 0.3) is 0 Å². The number of aromatic nitrogens is 2. The number of nitrogens with zero attached hydrogens (tertiary/aromatic N) is 3. The van der Waals surface area contributed by atoms with E-state index in [0.29, 0.717) is 29.1 Å².